The van der Waals surface area contributed by atoms with E-state index >= 15 is 0 Å². The minimum atomic E-state index is -0.948. The van der Waals surface area contributed by atoms with Crippen LogP contribution in [0.5, 0.6) is 0 Å². The summed E-state index contributed by atoms with van der Waals surface area (Å²) in [5.41, 5.74) is 0. The van der Waals surface area contributed by atoms with Crippen LogP contribution in [0.2, 0.25) is 0 Å². The molecule has 0 saturated carbocycles. The van der Waals surface area contributed by atoms with Crippen molar-refractivity contribution in [1.29, 1.82) is 0 Å². The molecule has 0 aliphatic rings. The highest BCUT2D eigenvalue weighted by molar-refractivity contribution is 5.93. The highest BCUT2D eigenvalue weighted by Gasteiger charge is 2.31. The minimum absolute atomic E-state index is 0.00589. The van der Waals surface area contributed by atoms with E-state index in [1.807, 2.05) is 6.92 Å². The summed E-state index contributed by atoms with van der Waals surface area (Å²) in [6.45, 7) is 6.18. The SMILES string of the molecule is CCCCC(C)C(C)C(CC(=O)O)C(=O)Nc1ccccn1. The predicted molar refractivity (Wildman–Crippen MR) is 86.5 cm³/mol. The van der Waals surface area contributed by atoms with Crippen molar-refractivity contribution in [1.82, 2.24) is 4.98 Å². The van der Waals surface area contributed by atoms with Crippen molar-refractivity contribution in [2.75, 3.05) is 5.32 Å². The number of nitrogens with one attached hydrogen (secondary N) is 1. The van der Waals surface area contributed by atoms with Crippen LogP contribution in [0.4, 0.5) is 5.82 Å². The zero-order valence-corrected chi connectivity index (χ0v) is 13.6. The largest absolute Gasteiger partial charge is 0.481 e. The van der Waals surface area contributed by atoms with Crippen LogP contribution in [-0.2, 0) is 9.59 Å². The number of pyridine rings is 1. The number of unbranched alkanes of at least 4 members (excludes halogenated alkanes) is 1. The number of hydrogen-bond donors (Lipinski definition) is 2. The Morgan fingerprint density at radius 3 is 2.59 bits per heavy atom. The Kier molecular flexibility index (Phi) is 7.57. The first-order valence-corrected chi connectivity index (χ1v) is 7.89. The summed E-state index contributed by atoms with van der Waals surface area (Å²) in [6, 6.07) is 5.24. The molecule has 0 aromatic carbocycles. The third-order valence-corrected chi connectivity index (χ3v) is 4.19. The van der Waals surface area contributed by atoms with Gasteiger partial charge in [-0.25, -0.2) is 4.98 Å². The van der Waals surface area contributed by atoms with Gasteiger partial charge < -0.3 is 10.4 Å². The van der Waals surface area contributed by atoms with E-state index in [4.69, 9.17) is 5.11 Å². The van der Waals surface area contributed by atoms with E-state index in [1.54, 1.807) is 24.4 Å². The molecule has 0 fully saturated rings. The van der Waals surface area contributed by atoms with Crippen molar-refractivity contribution in [2.45, 2.75) is 46.5 Å². The van der Waals surface area contributed by atoms with Crippen molar-refractivity contribution >= 4 is 17.7 Å². The van der Waals surface area contributed by atoms with E-state index in [2.05, 4.69) is 24.1 Å². The summed E-state index contributed by atoms with van der Waals surface area (Å²) < 4.78 is 0. The molecule has 0 saturated heterocycles. The molecular weight excluding hydrogens is 280 g/mol. The number of nitrogens with zero attached hydrogens (tertiary/aromatic N) is 1. The third-order valence-electron chi connectivity index (χ3n) is 4.19. The van der Waals surface area contributed by atoms with E-state index < -0.39 is 11.9 Å². The molecule has 1 rings (SSSR count). The molecule has 3 atom stereocenters. The molecule has 5 heteroatoms. The summed E-state index contributed by atoms with van der Waals surface area (Å²) >= 11 is 0. The monoisotopic (exact) mass is 306 g/mol. The predicted octanol–water partition coefficient (Wildman–Crippen LogP) is 3.57. The molecule has 0 radical (unpaired) electrons. The summed E-state index contributed by atoms with van der Waals surface area (Å²) in [5, 5.41) is 11.8. The van der Waals surface area contributed by atoms with Crippen molar-refractivity contribution in [3.05, 3.63) is 24.4 Å². The minimum Gasteiger partial charge on any atom is -0.481 e. The summed E-state index contributed by atoms with van der Waals surface area (Å²) in [7, 11) is 0. The maximum Gasteiger partial charge on any atom is 0.304 e. The molecule has 1 aromatic heterocycles. The molecule has 0 bridgehead atoms. The second-order valence-corrected chi connectivity index (χ2v) is 5.89. The average Bonchev–Trinajstić information content (AvgIpc) is 2.50. The second-order valence-electron chi connectivity index (χ2n) is 5.89. The molecular formula is C17H26N2O3. The Balaban J connectivity index is 2.77. The standard InChI is InChI=1S/C17H26N2O3/c1-4-5-8-12(2)13(3)14(11-16(20)21)17(22)19-15-9-6-7-10-18-15/h6-7,9-10,12-14H,4-5,8,11H2,1-3H3,(H,20,21)(H,18,19,22). The lowest BCUT2D eigenvalue weighted by Crippen LogP contribution is -2.33. The molecule has 0 spiro atoms. The van der Waals surface area contributed by atoms with Gasteiger partial charge in [-0.15, -0.1) is 0 Å². The van der Waals surface area contributed by atoms with E-state index in [1.165, 1.54) is 0 Å². The first-order chi connectivity index (χ1) is 10.5. The molecule has 1 aromatic rings. The van der Waals surface area contributed by atoms with Gasteiger partial charge in [0.1, 0.15) is 5.82 Å². The molecule has 2 N–H and O–H groups in total. The topological polar surface area (TPSA) is 79.3 Å². The van der Waals surface area contributed by atoms with Crippen LogP contribution in [0.1, 0.15) is 46.5 Å². The van der Waals surface area contributed by atoms with Crippen LogP contribution in [-0.4, -0.2) is 22.0 Å². The molecule has 22 heavy (non-hydrogen) atoms. The molecule has 0 aliphatic heterocycles. The Morgan fingerprint density at radius 1 is 1.32 bits per heavy atom. The summed E-state index contributed by atoms with van der Waals surface area (Å²) in [5.74, 6) is -1.000. The van der Waals surface area contributed by atoms with Crippen LogP contribution in [0.25, 0.3) is 0 Å². The quantitative estimate of drug-likeness (QED) is 0.731. The zero-order valence-electron chi connectivity index (χ0n) is 13.6. The number of carboxylic acid groups (broad SMARTS) is 1. The Hall–Kier alpha value is -1.91. The lowest BCUT2D eigenvalue weighted by Gasteiger charge is -2.27. The van der Waals surface area contributed by atoms with Gasteiger partial charge in [0.2, 0.25) is 5.91 Å². The average molecular weight is 306 g/mol. The van der Waals surface area contributed by atoms with E-state index in [-0.39, 0.29) is 18.2 Å². The number of amides is 1. The third kappa shape index (κ3) is 5.84. The van der Waals surface area contributed by atoms with Gasteiger partial charge in [-0.1, -0.05) is 46.1 Å². The molecule has 1 amide bonds. The van der Waals surface area contributed by atoms with Crippen LogP contribution >= 0.6 is 0 Å². The Labute approximate surface area is 132 Å². The van der Waals surface area contributed by atoms with Gasteiger partial charge in [0, 0.05) is 6.20 Å². The number of hydrogen-bond acceptors (Lipinski definition) is 3. The van der Waals surface area contributed by atoms with Crippen molar-refractivity contribution in [3.8, 4) is 0 Å². The Bertz CT molecular complexity index is 476. The molecule has 1 heterocycles. The molecule has 3 unspecified atom stereocenters. The zero-order chi connectivity index (χ0) is 16.5. The van der Waals surface area contributed by atoms with Gasteiger partial charge in [0.05, 0.1) is 12.3 Å². The van der Waals surface area contributed by atoms with Gasteiger partial charge in [-0.05, 0) is 24.0 Å². The molecule has 5 nitrogen and oxygen atoms in total. The van der Waals surface area contributed by atoms with Gasteiger partial charge in [-0.2, -0.15) is 0 Å². The number of anilines is 1. The summed E-state index contributed by atoms with van der Waals surface area (Å²) in [6.07, 6.45) is 4.63. The van der Waals surface area contributed by atoms with Gasteiger partial charge in [-0.3, -0.25) is 9.59 Å². The smallest absolute Gasteiger partial charge is 0.304 e. The first kappa shape index (κ1) is 18.1. The van der Waals surface area contributed by atoms with Gasteiger partial charge >= 0.3 is 5.97 Å². The lowest BCUT2D eigenvalue weighted by atomic mass is 9.79. The van der Waals surface area contributed by atoms with E-state index in [0.29, 0.717) is 11.7 Å². The van der Waals surface area contributed by atoms with E-state index in [0.717, 1.165) is 19.3 Å². The van der Waals surface area contributed by atoms with Crippen LogP contribution < -0.4 is 5.32 Å². The van der Waals surface area contributed by atoms with Gasteiger partial charge in [0.25, 0.3) is 0 Å². The molecule has 0 aliphatic carbocycles. The van der Waals surface area contributed by atoms with Crippen molar-refractivity contribution < 1.29 is 14.7 Å². The normalized spacial score (nSPS) is 14.9. The van der Waals surface area contributed by atoms with Crippen molar-refractivity contribution in [2.24, 2.45) is 17.8 Å². The van der Waals surface area contributed by atoms with Crippen LogP contribution in [0, 0.1) is 17.8 Å². The van der Waals surface area contributed by atoms with Crippen LogP contribution in [0.15, 0.2) is 24.4 Å². The highest BCUT2D eigenvalue weighted by atomic mass is 16.4. The first-order valence-electron chi connectivity index (χ1n) is 7.89. The molecule has 122 valence electrons. The van der Waals surface area contributed by atoms with Crippen molar-refractivity contribution in [3.63, 3.8) is 0 Å². The summed E-state index contributed by atoms with van der Waals surface area (Å²) in [4.78, 5) is 27.6. The fourth-order valence-corrected chi connectivity index (χ4v) is 2.55. The Morgan fingerprint density at radius 2 is 2.05 bits per heavy atom. The maximum absolute atomic E-state index is 12.5. The maximum atomic E-state index is 12.5. The number of rotatable bonds is 9. The fraction of sp³-hybridized carbons (Fsp3) is 0.588. The number of aliphatic carboxylic acids is 1. The van der Waals surface area contributed by atoms with Gasteiger partial charge in [0.15, 0.2) is 0 Å². The van der Waals surface area contributed by atoms with E-state index in [9.17, 15) is 9.59 Å². The number of carboxylic acids is 1. The number of carbonyl (C=O) groups is 2. The number of aromatic nitrogens is 1. The second kappa shape index (κ2) is 9.18. The fourth-order valence-electron chi connectivity index (χ4n) is 2.55. The highest BCUT2D eigenvalue weighted by Crippen LogP contribution is 2.28. The van der Waals surface area contributed by atoms with Crippen LogP contribution in [0.3, 0.4) is 0 Å². The lowest BCUT2D eigenvalue weighted by molar-refractivity contribution is -0.141. The number of carbonyl (C=O) groups excluding carboxylic acids is 1.